The van der Waals surface area contributed by atoms with Gasteiger partial charge in [-0.3, -0.25) is 0 Å². The normalized spacial score (nSPS) is 15.4. The van der Waals surface area contributed by atoms with Gasteiger partial charge in [0.1, 0.15) is 0 Å². The van der Waals surface area contributed by atoms with E-state index in [4.69, 9.17) is 0 Å². The van der Waals surface area contributed by atoms with E-state index in [1.165, 1.54) is 28.0 Å². The van der Waals surface area contributed by atoms with Crippen molar-refractivity contribution in [3.8, 4) is 0 Å². The zero-order chi connectivity index (χ0) is 14.0. The molecule has 0 radical (unpaired) electrons. The number of allylic oxidation sites excluding steroid dienone is 4. The molecule has 2 rings (SSSR count). The van der Waals surface area contributed by atoms with Gasteiger partial charge >= 0.3 is 0 Å². The summed E-state index contributed by atoms with van der Waals surface area (Å²) < 4.78 is 0. The largest absolute Gasteiger partial charge is 0.349 e. The van der Waals surface area contributed by atoms with Crippen LogP contribution < -0.4 is 0 Å². The second-order valence-electron chi connectivity index (χ2n) is 5.13. The van der Waals surface area contributed by atoms with E-state index in [0.717, 1.165) is 18.5 Å². The van der Waals surface area contributed by atoms with E-state index < -0.39 is 0 Å². The van der Waals surface area contributed by atoms with Crippen LogP contribution >= 0.6 is 0 Å². The Morgan fingerprint density at radius 2 is 1.74 bits per heavy atom. The fourth-order valence-electron chi connectivity index (χ4n) is 2.51. The van der Waals surface area contributed by atoms with Gasteiger partial charge in [-0.15, -0.1) is 0 Å². The zero-order valence-corrected chi connectivity index (χ0v) is 12.5. The summed E-state index contributed by atoms with van der Waals surface area (Å²) in [7, 11) is 2.05. The van der Waals surface area contributed by atoms with Crippen LogP contribution in [0.2, 0.25) is 0 Å². The molecule has 0 aliphatic carbocycles. The monoisotopic (exact) mass is 253 g/mol. The highest BCUT2D eigenvalue weighted by molar-refractivity contribution is 5.78. The molecule has 100 valence electrons. The first-order valence-electron chi connectivity index (χ1n) is 7.01. The van der Waals surface area contributed by atoms with Gasteiger partial charge in [0.15, 0.2) is 0 Å². The SMILES string of the molecule is C=C1C=C(c2ccc(CC)c(CC)c2)C=C(C)N1C. The van der Waals surface area contributed by atoms with Crippen molar-refractivity contribution in [2.24, 2.45) is 0 Å². The van der Waals surface area contributed by atoms with Gasteiger partial charge in [0.25, 0.3) is 0 Å². The molecule has 1 aromatic carbocycles. The van der Waals surface area contributed by atoms with E-state index in [1.807, 2.05) is 0 Å². The lowest BCUT2D eigenvalue weighted by molar-refractivity contribution is 0.536. The van der Waals surface area contributed by atoms with E-state index in [-0.39, 0.29) is 0 Å². The minimum absolute atomic E-state index is 1.05. The average Bonchev–Trinajstić information content (AvgIpc) is 2.43. The number of nitrogens with zero attached hydrogens (tertiary/aromatic N) is 1. The number of rotatable bonds is 3. The van der Waals surface area contributed by atoms with Gasteiger partial charge in [0.05, 0.1) is 0 Å². The molecule has 0 saturated heterocycles. The summed E-state index contributed by atoms with van der Waals surface area (Å²) in [5, 5.41) is 0. The van der Waals surface area contributed by atoms with Crippen LogP contribution in [0.1, 0.15) is 37.5 Å². The van der Waals surface area contributed by atoms with Crippen molar-refractivity contribution in [2.45, 2.75) is 33.6 Å². The third-order valence-electron chi connectivity index (χ3n) is 3.95. The first-order valence-corrected chi connectivity index (χ1v) is 7.01. The third kappa shape index (κ3) is 2.65. The molecule has 0 amide bonds. The van der Waals surface area contributed by atoms with Crippen molar-refractivity contribution in [1.29, 1.82) is 0 Å². The van der Waals surface area contributed by atoms with Gasteiger partial charge < -0.3 is 4.90 Å². The van der Waals surface area contributed by atoms with Gasteiger partial charge in [-0.05, 0) is 54.2 Å². The quantitative estimate of drug-likeness (QED) is 0.763. The summed E-state index contributed by atoms with van der Waals surface area (Å²) in [6.45, 7) is 10.7. The third-order valence-corrected chi connectivity index (χ3v) is 3.95. The van der Waals surface area contributed by atoms with Gasteiger partial charge in [-0.1, -0.05) is 38.6 Å². The first-order chi connectivity index (χ1) is 9.06. The van der Waals surface area contributed by atoms with Crippen LogP contribution in [0.15, 0.2) is 48.3 Å². The van der Waals surface area contributed by atoms with E-state index in [1.54, 1.807) is 0 Å². The van der Waals surface area contributed by atoms with Crippen molar-refractivity contribution in [3.63, 3.8) is 0 Å². The Kier molecular flexibility index (Phi) is 3.94. The zero-order valence-electron chi connectivity index (χ0n) is 12.5. The maximum atomic E-state index is 4.11. The van der Waals surface area contributed by atoms with Crippen molar-refractivity contribution < 1.29 is 0 Å². The average molecular weight is 253 g/mol. The molecular formula is C18H23N. The molecule has 1 aliphatic heterocycles. The summed E-state index contributed by atoms with van der Waals surface area (Å²) in [6.07, 6.45) is 6.59. The van der Waals surface area contributed by atoms with Gasteiger partial charge in [0, 0.05) is 18.4 Å². The fraction of sp³-hybridized carbons (Fsp3) is 0.333. The minimum atomic E-state index is 1.05. The fourth-order valence-corrected chi connectivity index (χ4v) is 2.51. The molecule has 0 atom stereocenters. The molecule has 0 unspecified atom stereocenters. The maximum absolute atomic E-state index is 4.11. The van der Waals surface area contributed by atoms with Crippen molar-refractivity contribution >= 4 is 5.57 Å². The maximum Gasteiger partial charge on any atom is 0.0338 e. The molecule has 0 bridgehead atoms. The summed E-state index contributed by atoms with van der Waals surface area (Å²) in [5.41, 5.74) is 7.75. The standard InChI is InChI=1S/C18H23N/c1-6-15-8-9-17(12-16(15)7-2)18-10-13(3)19(5)14(4)11-18/h8-12H,3,6-7H2,1-2,4-5H3. The summed E-state index contributed by atoms with van der Waals surface area (Å²) in [4.78, 5) is 2.12. The Morgan fingerprint density at radius 3 is 2.32 bits per heavy atom. The number of aryl methyl sites for hydroxylation is 2. The second-order valence-corrected chi connectivity index (χ2v) is 5.13. The molecule has 1 aromatic rings. The Balaban J connectivity index is 2.43. The number of hydrogen-bond acceptors (Lipinski definition) is 1. The lowest BCUT2D eigenvalue weighted by Crippen LogP contribution is -2.16. The van der Waals surface area contributed by atoms with E-state index in [9.17, 15) is 0 Å². The molecule has 0 fully saturated rings. The molecule has 1 heteroatoms. The Bertz CT molecular complexity index is 561. The topological polar surface area (TPSA) is 3.24 Å². The molecule has 0 saturated carbocycles. The van der Waals surface area contributed by atoms with E-state index in [0.29, 0.717) is 0 Å². The lowest BCUT2D eigenvalue weighted by atomic mass is 9.94. The van der Waals surface area contributed by atoms with Gasteiger partial charge in [0.2, 0.25) is 0 Å². The molecule has 0 aromatic heterocycles. The van der Waals surface area contributed by atoms with E-state index in [2.05, 4.69) is 69.6 Å². The lowest BCUT2D eigenvalue weighted by Gasteiger charge is -2.25. The predicted molar refractivity (Wildman–Crippen MR) is 83.8 cm³/mol. The van der Waals surface area contributed by atoms with Crippen LogP contribution in [0.4, 0.5) is 0 Å². The van der Waals surface area contributed by atoms with Crippen LogP contribution in [-0.2, 0) is 12.8 Å². The highest BCUT2D eigenvalue weighted by Gasteiger charge is 2.12. The summed E-state index contributed by atoms with van der Waals surface area (Å²) in [6, 6.07) is 6.82. The van der Waals surface area contributed by atoms with Gasteiger partial charge in [-0.2, -0.15) is 0 Å². The van der Waals surface area contributed by atoms with Crippen LogP contribution in [0.5, 0.6) is 0 Å². The minimum Gasteiger partial charge on any atom is -0.349 e. The number of likely N-dealkylation sites (N-methyl/N-ethyl adjacent to an activating group) is 1. The molecule has 19 heavy (non-hydrogen) atoms. The van der Waals surface area contributed by atoms with Crippen LogP contribution in [0, 0.1) is 0 Å². The van der Waals surface area contributed by atoms with Gasteiger partial charge in [-0.25, -0.2) is 0 Å². The Hall–Kier alpha value is -1.76. The highest BCUT2D eigenvalue weighted by atomic mass is 15.1. The molecule has 1 aliphatic rings. The predicted octanol–water partition coefficient (Wildman–Crippen LogP) is 4.56. The smallest absolute Gasteiger partial charge is 0.0338 e. The van der Waals surface area contributed by atoms with Crippen LogP contribution in [-0.4, -0.2) is 11.9 Å². The van der Waals surface area contributed by atoms with E-state index >= 15 is 0 Å². The number of benzene rings is 1. The second kappa shape index (κ2) is 5.48. The molecule has 1 nitrogen and oxygen atoms in total. The molecular weight excluding hydrogens is 230 g/mol. The van der Waals surface area contributed by atoms with Crippen molar-refractivity contribution in [1.82, 2.24) is 4.90 Å². The van der Waals surface area contributed by atoms with Crippen LogP contribution in [0.25, 0.3) is 5.57 Å². The molecule has 0 N–H and O–H groups in total. The molecule has 0 spiro atoms. The Labute approximate surface area is 116 Å². The summed E-state index contributed by atoms with van der Waals surface area (Å²) in [5.74, 6) is 0. The number of hydrogen-bond donors (Lipinski definition) is 0. The first kappa shape index (κ1) is 13.7. The summed E-state index contributed by atoms with van der Waals surface area (Å²) >= 11 is 0. The van der Waals surface area contributed by atoms with Crippen molar-refractivity contribution in [2.75, 3.05) is 7.05 Å². The molecule has 1 heterocycles. The Morgan fingerprint density at radius 1 is 1.05 bits per heavy atom. The van der Waals surface area contributed by atoms with Crippen molar-refractivity contribution in [3.05, 3.63) is 65.0 Å². The highest BCUT2D eigenvalue weighted by Crippen LogP contribution is 2.28. The van der Waals surface area contributed by atoms with Crippen LogP contribution in [0.3, 0.4) is 0 Å².